The fraction of sp³-hybridized carbons (Fsp3) is 0.900. The van der Waals surface area contributed by atoms with Gasteiger partial charge in [-0.2, -0.15) is 0 Å². The molecule has 102 valence electrons. The molecule has 1 N–H and O–H groups in total. The van der Waals surface area contributed by atoms with Crippen molar-refractivity contribution in [2.24, 2.45) is 0 Å². The third-order valence-corrected chi connectivity index (χ3v) is 3.24. The first kappa shape index (κ1) is 21.1. The summed E-state index contributed by atoms with van der Waals surface area (Å²) >= 11 is 0. The number of ether oxygens (including phenoxy) is 2. The zero-order valence-electron chi connectivity index (χ0n) is 11.0. The molecule has 0 bridgehead atoms. The van der Waals surface area contributed by atoms with E-state index in [0.29, 0.717) is 0 Å². The molecule has 0 heterocycles. The average molecular weight is 290 g/mol. The van der Waals surface area contributed by atoms with E-state index in [0.717, 1.165) is 0 Å². The molecule has 8 heteroatoms. The van der Waals surface area contributed by atoms with Crippen LogP contribution in [0.2, 0.25) is 0 Å². The van der Waals surface area contributed by atoms with Crippen LogP contribution < -0.4 is 29.6 Å². The zero-order valence-corrected chi connectivity index (χ0v) is 13.9. The molecule has 2 radical (unpaired) electrons. The van der Waals surface area contributed by atoms with Gasteiger partial charge in [-0.1, -0.05) is 0 Å². The summed E-state index contributed by atoms with van der Waals surface area (Å²) in [4.78, 5) is 0. The Morgan fingerprint density at radius 1 is 1.33 bits per heavy atom. The second-order valence-corrected chi connectivity index (χ2v) is 5.46. The van der Waals surface area contributed by atoms with Crippen LogP contribution in [0.25, 0.3) is 0 Å². The summed E-state index contributed by atoms with van der Waals surface area (Å²) in [5.41, 5.74) is 0. The van der Waals surface area contributed by atoms with Gasteiger partial charge in [0.25, 0.3) is 0 Å². The second-order valence-electron chi connectivity index (χ2n) is 3.81. The molecule has 0 aromatic heterocycles. The van der Waals surface area contributed by atoms with Crippen molar-refractivity contribution in [1.29, 1.82) is 0 Å². The first-order valence-corrected chi connectivity index (χ1v) is 6.78. The molecule has 0 aromatic carbocycles. The molecule has 3 unspecified atom stereocenters. The molecule has 0 rings (SSSR count). The Morgan fingerprint density at radius 2 is 1.89 bits per heavy atom. The van der Waals surface area contributed by atoms with Gasteiger partial charge in [0.05, 0.1) is 40.8 Å². The Morgan fingerprint density at radius 3 is 2.28 bits per heavy atom. The molecule has 0 fully saturated rings. The van der Waals surface area contributed by atoms with Crippen LogP contribution in [0.15, 0.2) is 0 Å². The van der Waals surface area contributed by atoms with Crippen molar-refractivity contribution >= 4 is 10.1 Å². The topological polar surface area (TPSA) is 95.9 Å². The standard InChI is InChI=1S/C10H20O6S.Na/c1-8(2)15-5-4-10(17(12,13)14)7-16-9(3)6-11;/h1,8-11H,4-7H2,2-3H3,(H,12,13,14);/q;+1/p-1. The Labute approximate surface area is 131 Å². The predicted molar refractivity (Wildman–Crippen MR) is 60.3 cm³/mol. The second kappa shape index (κ2) is 10.6. The van der Waals surface area contributed by atoms with Gasteiger partial charge in [0.1, 0.15) is 0 Å². The zero-order chi connectivity index (χ0) is 13.5. The van der Waals surface area contributed by atoms with Crippen molar-refractivity contribution in [1.82, 2.24) is 0 Å². The fourth-order valence-electron chi connectivity index (χ4n) is 1.02. The summed E-state index contributed by atoms with van der Waals surface area (Å²) in [5.74, 6) is 0. The van der Waals surface area contributed by atoms with Crippen LogP contribution >= 0.6 is 0 Å². The van der Waals surface area contributed by atoms with Gasteiger partial charge >= 0.3 is 29.6 Å². The molecule has 0 saturated heterocycles. The molecule has 0 spiro atoms. The van der Waals surface area contributed by atoms with Crippen molar-refractivity contribution < 1.29 is 57.1 Å². The molecular weight excluding hydrogens is 271 g/mol. The molecule has 0 saturated carbocycles. The van der Waals surface area contributed by atoms with Crippen LogP contribution in [0.5, 0.6) is 0 Å². The molecule has 3 atom stereocenters. The van der Waals surface area contributed by atoms with E-state index in [1.165, 1.54) is 0 Å². The van der Waals surface area contributed by atoms with Crippen LogP contribution in [-0.2, 0) is 19.6 Å². The molecule has 0 amide bonds. The molecule has 0 aliphatic heterocycles. The van der Waals surface area contributed by atoms with E-state index in [9.17, 15) is 13.0 Å². The number of hydrogen-bond donors (Lipinski definition) is 1. The molecule has 0 aromatic rings. The van der Waals surface area contributed by atoms with Gasteiger partial charge in [0.2, 0.25) is 0 Å². The summed E-state index contributed by atoms with van der Waals surface area (Å²) in [5, 5.41) is 7.52. The summed E-state index contributed by atoms with van der Waals surface area (Å²) < 4.78 is 42.8. The maximum atomic E-state index is 10.9. The van der Waals surface area contributed by atoms with E-state index >= 15 is 0 Å². The molecule has 0 aliphatic rings. The monoisotopic (exact) mass is 290 g/mol. The first-order valence-electron chi connectivity index (χ1n) is 5.31. The minimum absolute atomic E-state index is 0. The number of aliphatic hydroxyl groups excluding tert-OH is 1. The SMILES string of the molecule is [CH]C(C)OCCC(COC(C)CO)S(=O)(=O)[O-].[Na+]. The summed E-state index contributed by atoms with van der Waals surface area (Å²) in [6.07, 6.45) is -0.998. The van der Waals surface area contributed by atoms with Gasteiger partial charge < -0.3 is 19.1 Å². The third-order valence-electron chi connectivity index (χ3n) is 2.05. The predicted octanol–water partition coefficient (Wildman–Crippen LogP) is -3.19. The van der Waals surface area contributed by atoms with Crippen LogP contribution in [-0.4, -0.2) is 55.4 Å². The van der Waals surface area contributed by atoms with Crippen LogP contribution in [0, 0.1) is 6.92 Å². The summed E-state index contributed by atoms with van der Waals surface area (Å²) in [6.45, 7) is 8.08. The van der Waals surface area contributed by atoms with Gasteiger partial charge in [-0.25, -0.2) is 8.42 Å². The van der Waals surface area contributed by atoms with Gasteiger partial charge in [0.15, 0.2) is 0 Å². The van der Waals surface area contributed by atoms with Crippen molar-refractivity contribution in [3.63, 3.8) is 0 Å². The van der Waals surface area contributed by atoms with Crippen LogP contribution in [0.4, 0.5) is 0 Å². The minimum Gasteiger partial charge on any atom is -0.748 e. The van der Waals surface area contributed by atoms with Crippen LogP contribution in [0.3, 0.4) is 0 Å². The van der Waals surface area contributed by atoms with Crippen molar-refractivity contribution in [2.45, 2.75) is 37.7 Å². The first-order chi connectivity index (χ1) is 7.77. The Bertz CT molecular complexity index is 293. The molecular formula is C10H19NaO6S. The summed E-state index contributed by atoms with van der Waals surface area (Å²) in [6, 6.07) is 0. The molecule has 6 nitrogen and oxygen atoms in total. The van der Waals surface area contributed by atoms with Crippen molar-refractivity contribution in [3.05, 3.63) is 6.92 Å². The van der Waals surface area contributed by atoms with Gasteiger partial charge in [-0.05, 0) is 27.2 Å². The normalized spacial score (nSPS) is 15.2. The van der Waals surface area contributed by atoms with Crippen molar-refractivity contribution in [3.8, 4) is 0 Å². The largest absolute Gasteiger partial charge is 1.00 e. The van der Waals surface area contributed by atoms with E-state index in [1.807, 2.05) is 0 Å². The van der Waals surface area contributed by atoms with E-state index in [-0.39, 0.29) is 55.8 Å². The van der Waals surface area contributed by atoms with Crippen LogP contribution in [0.1, 0.15) is 20.3 Å². The van der Waals surface area contributed by atoms with Gasteiger partial charge in [0, 0.05) is 6.61 Å². The minimum atomic E-state index is -4.44. The van der Waals surface area contributed by atoms with E-state index in [4.69, 9.17) is 21.5 Å². The Kier molecular flexibility index (Phi) is 12.4. The van der Waals surface area contributed by atoms with Gasteiger partial charge in [-0.3, -0.25) is 0 Å². The molecule has 0 aliphatic carbocycles. The van der Waals surface area contributed by atoms with E-state index < -0.39 is 27.6 Å². The quantitative estimate of drug-likeness (QED) is 0.355. The average Bonchev–Trinajstić information content (AvgIpc) is 2.20. The van der Waals surface area contributed by atoms with E-state index in [1.54, 1.807) is 13.8 Å². The smallest absolute Gasteiger partial charge is 0.748 e. The third kappa shape index (κ3) is 10.7. The molecule has 18 heavy (non-hydrogen) atoms. The number of rotatable bonds is 9. The maximum absolute atomic E-state index is 10.9. The summed E-state index contributed by atoms with van der Waals surface area (Å²) in [7, 11) is -4.44. The maximum Gasteiger partial charge on any atom is 1.00 e. The Balaban J connectivity index is 0. The van der Waals surface area contributed by atoms with Crippen molar-refractivity contribution in [2.75, 3.05) is 19.8 Å². The van der Waals surface area contributed by atoms with Gasteiger partial charge in [-0.15, -0.1) is 0 Å². The van der Waals surface area contributed by atoms with E-state index in [2.05, 4.69) is 0 Å². The number of aliphatic hydroxyl groups is 1. The fourth-order valence-corrected chi connectivity index (χ4v) is 1.65. The number of hydrogen-bond acceptors (Lipinski definition) is 6. The Hall–Kier alpha value is 0.790.